The van der Waals surface area contributed by atoms with Crippen LogP contribution in [0.2, 0.25) is 0 Å². The second kappa shape index (κ2) is 8.42. The molecule has 10 heteroatoms. The van der Waals surface area contributed by atoms with Crippen molar-refractivity contribution >= 4 is 51.1 Å². The monoisotopic (exact) mass is 429 g/mol. The fourth-order valence-electron chi connectivity index (χ4n) is 3.48. The number of aromatic nitrogens is 2. The molecule has 2 fully saturated rings. The highest BCUT2D eigenvalue weighted by Gasteiger charge is 2.38. The van der Waals surface area contributed by atoms with E-state index in [2.05, 4.69) is 15.2 Å². The minimum Gasteiger partial charge on any atom is -0.283 e. The van der Waals surface area contributed by atoms with E-state index in [1.54, 1.807) is 23.1 Å². The van der Waals surface area contributed by atoms with Crippen LogP contribution in [-0.2, 0) is 4.79 Å². The maximum Gasteiger partial charge on any atom is 0.269 e. The lowest BCUT2D eigenvalue weighted by Gasteiger charge is -2.30. The molecule has 1 saturated carbocycles. The molecule has 2 heterocycles. The van der Waals surface area contributed by atoms with Crippen molar-refractivity contribution in [2.24, 2.45) is 4.99 Å². The number of nitro benzene ring substituents is 1. The standard InChI is InChI=1S/C19H19N5O3S2/c1-12-21-22-18(28-12)20-19-23(14-5-3-2-4-6-14)17(25)16(29-19)11-13-7-9-15(10-8-13)24(26)27/h7-11,14H,2-6H2,1H3/b16-11-,20-19+. The topological polar surface area (TPSA) is 102 Å². The molecule has 0 N–H and O–H groups in total. The largest absolute Gasteiger partial charge is 0.283 e. The van der Waals surface area contributed by atoms with Gasteiger partial charge in [-0.15, -0.1) is 10.2 Å². The number of nitro groups is 1. The second-order valence-corrected chi connectivity index (χ2v) is 9.09. The van der Waals surface area contributed by atoms with E-state index < -0.39 is 4.92 Å². The number of hydrogen-bond acceptors (Lipinski definition) is 8. The maximum absolute atomic E-state index is 13.2. The number of thioether (sulfide) groups is 1. The van der Waals surface area contributed by atoms with Gasteiger partial charge >= 0.3 is 0 Å². The lowest BCUT2D eigenvalue weighted by molar-refractivity contribution is -0.384. The molecule has 2 aliphatic rings. The van der Waals surface area contributed by atoms with E-state index in [0.29, 0.717) is 15.2 Å². The highest BCUT2D eigenvalue weighted by Crippen LogP contribution is 2.38. The Balaban J connectivity index is 1.66. The Labute approximate surface area is 175 Å². The molecule has 1 amide bonds. The van der Waals surface area contributed by atoms with E-state index in [-0.39, 0.29) is 17.6 Å². The first-order chi connectivity index (χ1) is 14.0. The van der Waals surface area contributed by atoms with Gasteiger partial charge in [-0.3, -0.25) is 19.8 Å². The maximum atomic E-state index is 13.2. The number of nitrogens with zero attached hydrogens (tertiary/aromatic N) is 5. The summed E-state index contributed by atoms with van der Waals surface area (Å²) in [6.45, 7) is 1.87. The van der Waals surface area contributed by atoms with Gasteiger partial charge in [0.25, 0.3) is 11.6 Å². The number of non-ortho nitro benzene ring substituents is 1. The van der Waals surface area contributed by atoms with Crippen LogP contribution in [0, 0.1) is 17.0 Å². The highest BCUT2D eigenvalue weighted by atomic mass is 32.2. The van der Waals surface area contributed by atoms with Crippen LogP contribution >= 0.6 is 23.1 Å². The number of hydrogen-bond donors (Lipinski definition) is 0. The molecule has 0 bridgehead atoms. The molecule has 8 nitrogen and oxygen atoms in total. The van der Waals surface area contributed by atoms with Crippen LogP contribution < -0.4 is 0 Å². The molecular weight excluding hydrogens is 410 g/mol. The predicted octanol–water partition coefficient (Wildman–Crippen LogP) is 4.69. The minimum atomic E-state index is -0.438. The van der Waals surface area contributed by atoms with Crippen molar-refractivity contribution in [3.8, 4) is 0 Å². The first-order valence-corrected chi connectivity index (χ1v) is 11.0. The highest BCUT2D eigenvalue weighted by molar-refractivity contribution is 8.18. The number of aryl methyl sites for hydroxylation is 1. The van der Waals surface area contributed by atoms with Crippen LogP contribution in [0.5, 0.6) is 0 Å². The molecule has 1 aromatic carbocycles. The van der Waals surface area contributed by atoms with E-state index in [1.165, 1.54) is 41.7 Å². The Hall–Kier alpha value is -2.59. The molecule has 2 aromatic rings. The molecule has 29 heavy (non-hydrogen) atoms. The summed E-state index contributed by atoms with van der Waals surface area (Å²) < 4.78 is 0. The Morgan fingerprint density at radius 3 is 2.55 bits per heavy atom. The zero-order valence-corrected chi connectivity index (χ0v) is 17.4. The molecule has 0 atom stereocenters. The Bertz CT molecular complexity index is 994. The molecule has 150 valence electrons. The number of amidine groups is 1. The summed E-state index contributed by atoms with van der Waals surface area (Å²) in [5.74, 6) is -0.0692. The zero-order valence-electron chi connectivity index (χ0n) is 15.8. The molecule has 1 aliphatic heterocycles. The van der Waals surface area contributed by atoms with Gasteiger partial charge in [-0.05, 0) is 55.3 Å². The van der Waals surface area contributed by atoms with Crippen molar-refractivity contribution < 1.29 is 9.72 Å². The summed E-state index contributed by atoms with van der Waals surface area (Å²) in [5.41, 5.74) is 0.762. The predicted molar refractivity (Wildman–Crippen MR) is 114 cm³/mol. The van der Waals surface area contributed by atoms with Gasteiger partial charge in [0.05, 0.1) is 9.83 Å². The van der Waals surface area contributed by atoms with Gasteiger partial charge in [0.15, 0.2) is 5.17 Å². The summed E-state index contributed by atoms with van der Waals surface area (Å²) in [7, 11) is 0. The van der Waals surface area contributed by atoms with Crippen molar-refractivity contribution in [2.75, 3.05) is 0 Å². The average Bonchev–Trinajstić information content (AvgIpc) is 3.26. The molecule has 0 spiro atoms. The summed E-state index contributed by atoms with van der Waals surface area (Å²) in [6, 6.07) is 6.31. The number of rotatable bonds is 4. The van der Waals surface area contributed by atoms with Crippen LogP contribution in [0.4, 0.5) is 10.8 Å². The van der Waals surface area contributed by atoms with Gasteiger partial charge < -0.3 is 0 Å². The number of aliphatic imine (C=N–C) groups is 1. The van der Waals surface area contributed by atoms with Crippen LogP contribution in [0.1, 0.15) is 42.7 Å². The van der Waals surface area contributed by atoms with Gasteiger partial charge in [-0.2, -0.15) is 4.99 Å². The van der Waals surface area contributed by atoms with Crippen LogP contribution in [0.25, 0.3) is 6.08 Å². The summed E-state index contributed by atoms with van der Waals surface area (Å²) in [5, 5.41) is 20.9. The molecular formula is C19H19N5O3S2. The quantitative estimate of drug-likeness (QED) is 0.397. The van der Waals surface area contributed by atoms with Crippen molar-refractivity contribution in [1.82, 2.24) is 15.1 Å². The fraction of sp³-hybridized carbons (Fsp3) is 0.368. The zero-order chi connectivity index (χ0) is 20.4. The van der Waals surface area contributed by atoms with E-state index in [0.717, 1.165) is 36.3 Å². The smallest absolute Gasteiger partial charge is 0.269 e. The minimum absolute atomic E-state index is 0.0234. The third-order valence-electron chi connectivity index (χ3n) is 4.89. The van der Waals surface area contributed by atoms with Gasteiger partial charge in [-0.25, -0.2) is 0 Å². The molecule has 1 saturated heterocycles. The number of benzene rings is 1. The number of carbonyl (C=O) groups excluding carboxylic acids is 1. The third kappa shape index (κ3) is 4.38. The lowest BCUT2D eigenvalue weighted by Crippen LogP contribution is -2.40. The Morgan fingerprint density at radius 1 is 1.21 bits per heavy atom. The molecule has 1 aromatic heterocycles. The average molecular weight is 430 g/mol. The SMILES string of the molecule is Cc1nnc(/N=C2/S/C(=C\c3ccc([N+](=O)[O-])cc3)C(=O)N2C2CCCCC2)s1. The van der Waals surface area contributed by atoms with Crippen molar-refractivity contribution in [1.29, 1.82) is 0 Å². The van der Waals surface area contributed by atoms with E-state index in [1.807, 2.05) is 6.92 Å². The summed E-state index contributed by atoms with van der Waals surface area (Å²) in [6.07, 6.45) is 7.09. The molecule has 0 unspecified atom stereocenters. The van der Waals surface area contributed by atoms with Gasteiger partial charge in [0, 0.05) is 18.2 Å². The number of carbonyl (C=O) groups is 1. The van der Waals surface area contributed by atoms with Crippen molar-refractivity contribution in [3.05, 3.63) is 49.9 Å². The van der Waals surface area contributed by atoms with Gasteiger partial charge in [0.1, 0.15) is 5.01 Å². The van der Waals surface area contributed by atoms with Crippen LogP contribution in [-0.4, -0.2) is 37.1 Å². The lowest BCUT2D eigenvalue weighted by atomic mass is 9.94. The van der Waals surface area contributed by atoms with Gasteiger partial charge in [0.2, 0.25) is 5.13 Å². The van der Waals surface area contributed by atoms with E-state index in [9.17, 15) is 14.9 Å². The van der Waals surface area contributed by atoms with Crippen molar-refractivity contribution in [2.45, 2.75) is 45.1 Å². The second-order valence-electron chi connectivity index (χ2n) is 6.92. The first-order valence-electron chi connectivity index (χ1n) is 9.37. The molecule has 1 aliphatic carbocycles. The van der Waals surface area contributed by atoms with Crippen molar-refractivity contribution in [3.63, 3.8) is 0 Å². The molecule has 0 radical (unpaired) electrons. The Kier molecular flexibility index (Phi) is 5.72. The van der Waals surface area contributed by atoms with E-state index in [4.69, 9.17) is 0 Å². The van der Waals surface area contributed by atoms with Crippen LogP contribution in [0.3, 0.4) is 0 Å². The normalized spacial score (nSPS) is 20.7. The summed E-state index contributed by atoms with van der Waals surface area (Å²) in [4.78, 5) is 30.6. The first kappa shape index (κ1) is 19.7. The van der Waals surface area contributed by atoms with E-state index >= 15 is 0 Å². The third-order valence-corrected chi connectivity index (χ3v) is 6.60. The number of amides is 1. The van der Waals surface area contributed by atoms with Gasteiger partial charge in [-0.1, -0.05) is 30.6 Å². The fourth-order valence-corrected chi connectivity index (χ4v) is 5.14. The Morgan fingerprint density at radius 2 is 1.93 bits per heavy atom. The summed E-state index contributed by atoms with van der Waals surface area (Å²) >= 11 is 2.71. The molecule has 4 rings (SSSR count). The van der Waals surface area contributed by atoms with Crippen LogP contribution in [0.15, 0.2) is 34.2 Å².